The predicted molar refractivity (Wildman–Crippen MR) is 90.5 cm³/mol. The van der Waals surface area contributed by atoms with Crippen molar-refractivity contribution < 1.29 is 28.9 Å². The number of carbonyl (C=O) groups is 2. The Kier molecular flexibility index (Phi) is 7.69. The van der Waals surface area contributed by atoms with Gasteiger partial charge in [-0.1, -0.05) is 12.1 Å². The summed E-state index contributed by atoms with van der Waals surface area (Å²) < 4.78 is 16.1. The molecule has 0 aromatic heterocycles. The molecule has 1 unspecified atom stereocenters. The van der Waals surface area contributed by atoms with Crippen molar-refractivity contribution in [3.05, 3.63) is 29.8 Å². The lowest BCUT2D eigenvalue weighted by Gasteiger charge is -2.18. The lowest BCUT2D eigenvalue weighted by atomic mass is 10.2. The van der Waals surface area contributed by atoms with Crippen LogP contribution < -0.4 is 4.74 Å². The summed E-state index contributed by atoms with van der Waals surface area (Å²) in [7, 11) is 1.75. The second kappa shape index (κ2) is 10.0. The molecular weight excluding hydrogens is 326 g/mol. The molecule has 7 nitrogen and oxygen atoms in total. The molecule has 1 aliphatic heterocycles. The summed E-state index contributed by atoms with van der Waals surface area (Å²) in [5, 5.41) is 8.57. The molecule has 25 heavy (non-hydrogen) atoms. The molecule has 0 radical (unpaired) electrons. The van der Waals surface area contributed by atoms with E-state index in [-0.39, 0.29) is 18.6 Å². The molecule has 1 aliphatic rings. The first-order valence-electron chi connectivity index (χ1n) is 8.41. The molecule has 1 N–H and O–H groups in total. The van der Waals surface area contributed by atoms with E-state index < -0.39 is 5.97 Å². The van der Waals surface area contributed by atoms with Gasteiger partial charge in [-0.15, -0.1) is 0 Å². The molecule has 2 rings (SSSR count). The van der Waals surface area contributed by atoms with Gasteiger partial charge in [0.05, 0.1) is 25.7 Å². The quantitative estimate of drug-likeness (QED) is 0.646. The molecule has 0 saturated carbocycles. The third-order valence-electron chi connectivity index (χ3n) is 3.92. The number of amides is 1. The number of ether oxygens (including phenoxy) is 3. The molecule has 1 aromatic rings. The van der Waals surface area contributed by atoms with Crippen LogP contribution in [0.2, 0.25) is 0 Å². The molecule has 1 saturated heterocycles. The summed E-state index contributed by atoms with van der Waals surface area (Å²) in [5.41, 5.74) is 0.943. The largest absolute Gasteiger partial charge is 0.482 e. The van der Waals surface area contributed by atoms with Crippen molar-refractivity contribution in [2.75, 3.05) is 33.5 Å². The average Bonchev–Trinajstić information content (AvgIpc) is 3.11. The lowest BCUT2D eigenvalue weighted by molar-refractivity contribution is -0.139. The number of hydrogen-bond donors (Lipinski definition) is 1. The third kappa shape index (κ3) is 7.11. The summed E-state index contributed by atoms with van der Waals surface area (Å²) in [4.78, 5) is 24.2. The van der Waals surface area contributed by atoms with E-state index in [0.717, 1.165) is 25.0 Å². The summed E-state index contributed by atoms with van der Waals surface area (Å²) in [5.74, 6) is -0.516. The van der Waals surface area contributed by atoms with Crippen molar-refractivity contribution in [2.45, 2.75) is 31.9 Å². The SMILES string of the molecule is CN(Cc1ccc(OCC(=O)O)cc1)C(=O)CCOCC1CCCO1. The highest BCUT2D eigenvalue weighted by molar-refractivity contribution is 5.76. The topological polar surface area (TPSA) is 85.3 Å². The predicted octanol–water partition coefficient (Wildman–Crippen LogP) is 1.69. The van der Waals surface area contributed by atoms with Gasteiger partial charge >= 0.3 is 5.97 Å². The van der Waals surface area contributed by atoms with Crippen molar-refractivity contribution in [2.24, 2.45) is 0 Å². The van der Waals surface area contributed by atoms with Crippen molar-refractivity contribution in [3.8, 4) is 5.75 Å². The Labute approximate surface area is 147 Å². The van der Waals surface area contributed by atoms with Crippen molar-refractivity contribution in [1.82, 2.24) is 4.90 Å². The summed E-state index contributed by atoms with van der Waals surface area (Å²) in [6.45, 7) is 1.85. The Morgan fingerprint density at radius 2 is 2.08 bits per heavy atom. The van der Waals surface area contributed by atoms with E-state index in [1.165, 1.54) is 0 Å². The molecule has 1 atom stereocenters. The summed E-state index contributed by atoms with van der Waals surface area (Å²) >= 11 is 0. The first kappa shape index (κ1) is 19.2. The van der Waals surface area contributed by atoms with Crippen LogP contribution in [0, 0.1) is 0 Å². The Balaban J connectivity index is 1.66. The number of carbonyl (C=O) groups excluding carboxylic acids is 1. The Bertz CT molecular complexity index is 553. The van der Waals surface area contributed by atoms with E-state index in [9.17, 15) is 9.59 Å². The van der Waals surface area contributed by atoms with Gasteiger partial charge in [0.15, 0.2) is 6.61 Å². The van der Waals surface area contributed by atoms with Gasteiger partial charge in [0.1, 0.15) is 5.75 Å². The second-order valence-corrected chi connectivity index (χ2v) is 6.04. The van der Waals surface area contributed by atoms with Gasteiger partial charge in [0.25, 0.3) is 0 Å². The van der Waals surface area contributed by atoms with Crippen LogP contribution in [0.25, 0.3) is 0 Å². The van der Waals surface area contributed by atoms with Gasteiger partial charge < -0.3 is 24.2 Å². The van der Waals surface area contributed by atoms with Crippen LogP contribution in [0.5, 0.6) is 5.75 Å². The molecular formula is C18H25NO6. The maximum Gasteiger partial charge on any atom is 0.341 e. The molecule has 1 fully saturated rings. The average molecular weight is 351 g/mol. The molecule has 0 spiro atoms. The van der Waals surface area contributed by atoms with Crippen LogP contribution >= 0.6 is 0 Å². The minimum atomic E-state index is -1.02. The zero-order valence-electron chi connectivity index (χ0n) is 14.5. The minimum Gasteiger partial charge on any atom is -0.482 e. The first-order valence-corrected chi connectivity index (χ1v) is 8.41. The van der Waals surface area contributed by atoms with Crippen molar-refractivity contribution in [3.63, 3.8) is 0 Å². The number of rotatable bonds is 10. The summed E-state index contributed by atoms with van der Waals surface area (Å²) in [6, 6.07) is 7.02. The number of carboxylic acid groups (broad SMARTS) is 1. The number of benzene rings is 1. The molecule has 1 amide bonds. The maximum atomic E-state index is 12.1. The van der Waals surface area contributed by atoms with Crippen LogP contribution in [0.3, 0.4) is 0 Å². The fourth-order valence-corrected chi connectivity index (χ4v) is 2.54. The standard InChI is InChI=1S/C18H25NO6/c1-19(17(20)8-10-23-12-16-3-2-9-24-16)11-14-4-6-15(7-5-14)25-13-18(21)22/h4-7,16H,2-3,8-13H2,1H3,(H,21,22). The fraction of sp³-hybridized carbons (Fsp3) is 0.556. The minimum absolute atomic E-state index is 0.0125. The third-order valence-corrected chi connectivity index (χ3v) is 3.92. The first-order chi connectivity index (χ1) is 12.0. The van der Waals surface area contributed by atoms with E-state index >= 15 is 0 Å². The number of aliphatic carboxylic acids is 1. The molecule has 0 aliphatic carbocycles. The molecule has 0 bridgehead atoms. The monoisotopic (exact) mass is 351 g/mol. The Morgan fingerprint density at radius 1 is 1.32 bits per heavy atom. The zero-order valence-corrected chi connectivity index (χ0v) is 14.5. The van der Waals surface area contributed by atoms with Crippen LogP contribution in [-0.4, -0.2) is 61.5 Å². The smallest absolute Gasteiger partial charge is 0.341 e. The van der Waals surface area contributed by atoms with E-state index in [2.05, 4.69) is 0 Å². The van der Waals surface area contributed by atoms with Crippen LogP contribution in [-0.2, 0) is 25.6 Å². The number of hydrogen-bond acceptors (Lipinski definition) is 5. The highest BCUT2D eigenvalue weighted by atomic mass is 16.5. The maximum absolute atomic E-state index is 12.1. The van der Waals surface area contributed by atoms with Gasteiger partial charge in [-0.3, -0.25) is 4.79 Å². The fourth-order valence-electron chi connectivity index (χ4n) is 2.54. The van der Waals surface area contributed by atoms with E-state index in [4.69, 9.17) is 19.3 Å². The van der Waals surface area contributed by atoms with Crippen LogP contribution in [0.15, 0.2) is 24.3 Å². The lowest BCUT2D eigenvalue weighted by Crippen LogP contribution is -2.27. The van der Waals surface area contributed by atoms with E-state index in [1.807, 2.05) is 12.1 Å². The molecule has 138 valence electrons. The van der Waals surface area contributed by atoms with Gasteiger partial charge in [0, 0.05) is 20.2 Å². The highest BCUT2D eigenvalue weighted by Crippen LogP contribution is 2.14. The molecule has 1 aromatic carbocycles. The Hall–Kier alpha value is -2.12. The van der Waals surface area contributed by atoms with Crippen molar-refractivity contribution >= 4 is 11.9 Å². The van der Waals surface area contributed by atoms with Gasteiger partial charge in [-0.25, -0.2) is 4.79 Å². The van der Waals surface area contributed by atoms with Gasteiger partial charge in [-0.2, -0.15) is 0 Å². The Morgan fingerprint density at radius 3 is 2.72 bits per heavy atom. The normalized spacial score (nSPS) is 16.6. The zero-order chi connectivity index (χ0) is 18.1. The second-order valence-electron chi connectivity index (χ2n) is 6.04. The number of carboxylic acids is 1. The van der Waals surface area contributed by atoms with Crippen LogP contribution in [0.4, 0.5) is 0 Å². The van der Waals surface area contributed by atoms with Crippen LogP contribution in [0.1, 0.15) is 24.8 Å². The van der Waals surface area contributed by atoms with Gasteiger partial charge in [0.2, 0.25) is 5.91 Å². The number of nitrogens with zero attached hydrogens (tertiary/aromatic N) is 1. The van der Waals surface area contributed by atoms with E-state index in [1.54, 1.807) is 24.1 Å². The molecule has 7 heteroatoms. The van der Waals surface area contributed by atoms with Gasteiger partial charge in [-0.05, 0) is 30.5 Å². The summed E-state index contributed by atoms with van der Waals surface area (Å²) in [6.07, 6.45) is 2.62. The highest BCUT2D eigenvalue weighted by Gasteiger charge is 2.16. The van der Waals surface area contributed by atoms with Crippen molar-refractivity contribution in [1.29, 1.82) is 0 Å². The molecule has 1 heterocycles. The van der Waals surface area contributed by atoms with E-state index in [0.29, 0.717) is 31.9 Å².